The second-order valence-corrected chi connectivity index (χ2v) is 6.35. The molecule has 0 saturated heterocycles. The molecule has 0 bridgehead atoms. The molecule has 0 aliphatic heterocycles. The summed E-state index contributed by atoms with van der Waals surface area (Å²) in [6, 6.07) is 1.40. The molecule has 92 valence electrons. The first-order valence-corrected chi connectivity index (χ1v) is 6.97. The van der Waals surface area contributed by atoms with Crippen molar-refractivity contribution in [2.45, 2.75) is 30.7 Å². The average molecular weight is 266 g/mol. The number of nitrogens with one attached hydrogen (secondary N) is 2. The van der Waals surface area contributed by atoms with E-state index in [-0.39, 0.29) is 16.9 Å². The third-order valence-corrected chi connectivity index (χ3v) is 3.67. The van der Waals surface area contributed by atoms with Gasteiger partial charge in [0.15, 0.2) is 5.03 Å². The van der Waals surface area contributed by atoms with E-state index in [9.17, 15) is 8.42 Å². The van der Waals surface area contributed by atoms with E-state index in [0.717, 1.165) is 6.42 Å². The van der Waals surface area contributed by atoms with E-state index in [2.05, 4.69) is 14.9 Å². The lowest BCUT2D eigenvalue weighted by Gasteiger charge is -2.12. The second kappa shape index (κ2) is 5.65. The highest BCUT2D eigenvalue weighted by Gasteiger charge is 2.17. The van der Waals surface area contributed by atoms with Gasteiger partial charge in [-0.2, -0.15) is 5.10 Å². The maximum atomic E-state index is 11.6. The molecule has 0 amide bonds. The van der Waals surface area contributed by atoms with Crippen LogP contribution in [0.3, 0.4) is 0 Å². The lowest BCUT2D eigenvalue weighted by Crippen LogP contribution is -2.30. The number of hydrogen-bond donors (Lipinski definition) is 2. The Balaban J connectivity index is 2.49. The van der Waals surface area contributed by atoms with Crippen LogP contribution in [0.25, 0.3) is 0 Å². The van der Waals surface area contributed by atoms with Gasteiger partial charge < -0.3 is 0 Å². The van der Waals surface area contributed by atoms with Crippen molar-refractivity contribution in [1.82, 2.24) is 14.9 Å². The third kappa shape index (κ3) is 4.11. The van der Waals surface area contributed by atoms with Crippen LogP contribution in [-0.4, -0.2) is 30.5 Å². The fraction of sp³-hybridized carbons (Fsp3) is 0.667. The van der Waals surface area contributed by atoms with Crippen LogP contribution >= 0.6 is 11.6 Å². The van der Waals surface area contributed by atoms with Gasteiger partial charge in [0.25, 0.3) is 10.0 Å². The van der Waals surface area contributed by atoms with Crippen LogP contribution in [0, 0.1) is 5.92 Å². The number of nitrogens with zero attached hydrogens (tertiary/aromatic N) is 1. The summed E-state index contributed by atoms with van der Waals surface area (Å²) in [6.45, 7) is 4.30. The van der Waals surface area contributed by atoms with Gasteiger partial charge in [0, 0.05) is 11.9 Å². The van der Waals surface area contributed by atoms with Gasteiger partial charge in [0.1, 0.15) is 0 Å². The molecule has 1 aromatic rings. The minimum atomic E-state index is -3.50. The van der Waals surface area contributed by atoms with Crippen LogP contribution in [0.4, 0.5) is 0 Å². The normalized spacial score (nSPS) is 14.2. The third-order valence-electron chi connectivity index (χ3n) is 1.99. The molecule has 5 nitrogen and oxygen atoms in total. The minimum Gasteiger partial charge on any atom is -0.266 e. The summed E-state index contributed by atoms with van der Waals surface area (Å²) in [5.74, 6) is 0.444. The number of aromatic amines is 1. The van der Waals surface area contributed by atoms with Crippen molar-refractivity contribution < 1.29 is 8.42 Å². The quantitative estimate of drug-likeness (QED) is 0.763. The monoisotopic (exact) mass is 265 g/mol. The second-order valence-electron chi connectivity index (χ2n) is 4.00. The predicted molar refractivity (Wildman–Crippen MR) is 62.9 cm³/mol. The minimum absolute atomic E-state index is 0.0564. The molecule has 0 aliphatic carbocycles. The summed E-state index contributed by atoms with van der Waals surface area (Å²) >= 11 is 5.99. The van der Waals surface area contributed by atoms with E-state index in [1.165, 1.54) is 12.3 Å². The fourth-order valence-corrected chi connectivity index (χ4v) is 2.78. The standard InChI is InChI=1S/C9H16ClN3O2S/c1-7(2)5-8(10)6-12-16(14,15)9-3-4-11-13-9/h3-4,7-8,12H,5-6H2,1-2H3,(H,11,13). The van der Waals surface area contributed by atoms with Crippen LogP contribution in [0.5, 0.6) is 0 Å². The molecule has 1 atom stereocenters. The van der Waals surface area contributed by atoms with Gasteiger partial charge in [0.05, 0.1) is 6.20 Å². The summed E-state index contributed by atoms with van der Waals surface area (Å²) in [7, 11) is -3.50. The Morgan fingerprint density at radius 2 is 2.25 bits per heavy atom. The smallest absolute Gasteiger partial charge is 0.257 e. The lowest BCUT2D eigenvalue weighted by molar-refractivity contribution is 0.543. The maximum absolute atomic E-state index is 11.6. The van der Waals surface area contributed by atoms with Gasteiger partial charge >= 0.3 is 0 Å². The predicted octanol–water partition coefficient (Wildman–Crippen LogP) is 1.34. The van der Waals surface area contributed by atoms with Crippen LogP contribution < -0.4 is 4.72 Å². The molecule has 0 saturated carbocycles. The number of aromatic nitrogens is 2. The fourth-order valence-electron chi connectivity index (χ4n) is 1.27. The number of sulfonamides is 1. The number of halogens is 1. The van der Waals surface area contributed by atoms with Crippen molar-refractivity contribution in [1.29, 1.82) is 0 Å². The first kappa shape index (κ1) is 13.5. The van der Waals surface area contributed by atoms with Crippen molar-refractivity contribution >= 4 is 21.6 Å². The average Bonchev–Trinajstić information content (AvgIpc) is 2.67. The summed E-state index contributed by atoms with van der Waals surface area (Å²) in [4.78, 5) is 0. The zero-order valence-electron chi connectivity index (χ0n) is 9.27. The zero-order chi connectivity index (χ0) is 12.2. The van der Waals surface area contributed by atoms with Crippen molar-refractivity contribution in [3.05, 3.63) is 12.3 Å². The van der Waals surface area contributed by atoms with E-state index < -0.39 is 10.0 Å². The van der Waals surface area contributed by atoms with Gasteiger partial charge in [-0.3, -0.25) is 5.10 Å². The molecular formula is C9H16ClN3O2S. The van der Waals surface area contributed by atoms with Crippen molar-refractivity contribution in [2.75, 3.05) is 6.54 Å². The molecule has 0 spiro atoms. The Morgan fingerprint density at radius 1 is 1.56 bits per heavy atom. The van der Waals surface area contributed by atoms with E-state index in [4.69, 9.17) is 11.6 Å². The first-order chi connectivity index (χ1) is 7.42. The molecular weight excluding hydrogens is 250 g/mol. The molecule has 1 heterocycles. The topological polar surface area (TPSA) is 74.8 Å². The molecule has 0 aromatic carbocycles. The number of hydrogen-bond acceptors (Lipinski definition) is 3. The molecule has 0 radical (unpaired) electrons. The lowest BCUT2D eigenvalue weighted by atomic mass is 10.1. The zero-order valence-corrected chi connectivity index (χ0v) is 10.8. The molecule has 1 aromatic heterocycles. The van der Waals surface area contributed by atoms with E-state index in [1.807, 2.05) is 13.8 Å². The first-order valence-electron chi connectivity index (χ1n) is 5.05. The Bertz CT molecular complexity index is 402. The molecule has 0 fully saturated rings. The summed E-state index contributed by atoms with van der Waals surface area (Å²) in [5.41, 5.74) is 0. The largest absolute Gasteiger partial charge is 0.266 e. The Kier molecular flexibility index (Phi) is 4.76. The Morgan fingerprint density at radius 3 is 2.75 bits per heavy atom. The van der Waals surface area contributed by atoms with Crippen molar-refractivity contribution in [2.24, 2.45) is 5.92 Å². The summed E-state index contributed by atoms with van der Waals surface area (Å²) < 4.78 is 25.7. The highest BCUT2D eigenvalue weighted by Crippen LogP contribution is 2.11. The van der Waals surface area contributed by atoms with Gasteiger partial charge in [0.2, 0.25) is 0 Å². The molecule has 16 heavy (non-hydrogen) atoms. The van der Waals surface area contributed by atoms with Gasteiger partial charge in [-0.25, -0.2) is 13.1 Å². The van der Waals surface area contributed by atoms with Gasteiger partial charge in [-0.05, 0) is 18.4 Å². The van der Waals surface area contributed by atoms with E-state index in [1.54, 1.807) is 0 Å². The summed E-state index contributed by atoms with van der Waals surface area (Å²) in [5, 5.41) is 5.85. The molecule has 0 aliphatic rings. The summed E-state index contributed by atoms with van der Waals surface area (Å²) in [6.07, 6.45) is 2.16. The van der Waals surface area contributed by atoms with Crippen LogP contribution in [-0.2, 0) is 10.0 Å². The SMILES string of the molecule is CC(C)CC(Cl)CNS(=O)(=O)c1ccn[nH]1. The van der Waals surface area contributed by atoms with Gasteiger partial charge in [-0.1, -0.05) is 13.8 Å². The highest BCUT2D eigenvalue weighted by atomic mass is 35.5. The molecule has 1 rings (SSSR count). The van der Waals surface area contributed by atoms with Gasteiger partial charge in [-0.15, -0.1) is 11.6 Å². The maximum Gasteiger partial charge on any atom is 0.257 e. The molecule has 2 N–H and O–H groups in total. The van der Waals surface area contributed by atoms with Crippen LogP contribution in [0.2, 0.25) is 0 Å². The number of rotatable bonds is 6. The molecule has 1 unspecified atom stereocenters. The van der Waals surface area contributed by atoms with E-state index in [0.29, 0.717) is 5.92 Å². The van der Waals surface area contributed by atoms with Crippen LogP contribution in [0.1, 0.15) is 20.3 Å². The molecule has 7 heteroatoms. The number of alkyl halides is 1. The Hall–Kier alpha value is -0.590. The highest BCUT2D eigenvalue weighted by molar-refractivity contribution is 7.89. The van der Waals surface area contributed by atoms with E-state index >= 15 is 0 Å². The van der Waals surface area contributed by atoms with Crippen molar-refractivity contribution in [3.8, 4) is 0 Å². The Labute approximate surface area is 101 Å². The van der Waals surface area contributed by atoms with Crippen LogP contribution in [0.15, 0.2) is 17.3 Å². The number of H-pyrrole nitrogens is 1. The van der Waals surface area contributed by atoms with Crippen molar-refractivity contribution in [3.63, 3.8) is 0 Å².